The number of carbonyl (C=O) groups excluding carboxylic acids is 1. The summed E-state index contributed by atoms with van der Waals surface area (Å²) in [6.45, 7) is 3.78. The van der Waals surface area contributed by atoms with Crippen molar-refractivity contribution >= 4 is 29.3 Å². The number of hydrogen-bond acceptors (Lipinski definition) is 6. The lowest BCUT2D eigenvalue weighted by molar-refractivity contribution is -0.137. The van der Waals surface area contributed by atoms with Gasteiger partial charge in [-0.2, -0.15) is 0 Å². The number of anilines is 3. The number of carboxylic acids is 1. The molecule has 5 rings (SSSR count). The Morgan fingerprint density at radius 1 is 1.09 bits per heavy atom. The van der Waals surface area contributed by atoms with Crippen LogP contribution in [0.1, 0.15) is 19.8 Å². The molecule has 0 spiro atoms. The maximum Gasteiger partial charge on any atom is 0.326 e. The average molecular weight is 474 g/mol. The molecule has 1 aromatic heterocycles. The lowest BCUT2D eigenvalue weighted by Gasteiger charge is -2.33. The van der Waals surface area contributed by atoms with Crippen LogP contribution in [0.2, 0.25) is 0 Å². The van der Waals surface area contributed by atoms with Crippen molar-refractivity contribution in [2.24, 2.45) is 5.92 Å². The number of aliphatic carboxylic acids is 1. The standard InChI is InChI=1S/C26H27N5O4/c1-17-15-31(26(34)29-21-5-3-2-4-6-21)22-8-7-19(12-23(22)35-17)20-13-27-25(28-14-20)30-10-9-18(16-30)11-24(32)33/h2-8,12-14,17-18H,9-11,15-16H2,1H3,(H,29,34)(H,32,33). The number of rotatable bonds is 5. The van der Waals surface area contributed by atoms with E-state index in [1.54, 1.807) is 17.3 Å². The molecule has 0 saturated carbocycles. The number of hydrogen-bond donors (Lipinski definition) is 2. The van der Waals surface area contributed by atoms with E-state index in [1.165, 1.54) is 0 Å². The molecule has 0 radical (unpaired) electrons. The molecule has 1 fully saturated rings. The molecule has 2 amide bonds. The van der Waals surface area contributed by atoms with Gasteiger partial charge in [-0.3, -0.25) is 9.69 Å². The Hall–Kier alpha value is -4.14. The van der Waals surface area contributed by atoms with Crippen molar-refractivity contribution in [2.45, 2.75) is 25.9 Å². The molecule has 2 unspecified atom stereocenters. The average Bonchev–Trinajstić information content (AvgIpc) is 3.31. The minimum Gasteiger partial charge on any atom is -0.487 e. The second-order valence-electron chi connectivity index (χ2n) is 8.99. The third kappa shape index (κ3) is 5.03. The van der Waals surface area contributed by atoms with E-state index in [0.29, 0.717) is 30.5 Å². The molecule has 2 N–H and O–H groups in total. The zero-order valence-electron chi connectivity index (χ0n) is 19.4. The van der Waals surface area contributed by atoms with Gasteiger partial charge >= 0.3 is 12.0 Å². The topological polar surface area (TPSA) is 108 Å². The van der Waals surface area contributed by atoms with Gasteiger partial charge in [0.15, 0.2) is 0 Å². The van der Waals surface area contributed by atoms with E-state index in [2.05, 4.69) is 15.3 Å². The maximum atomic E-state index is 13.0. The highest BCUT2D eigenvalue weighted by molar-refractivity contribution is 6.03. The van der Waals surface area contributed by atoms with Gasteiger partial charge < -0.3 is 20.1 Å². The van der Waals surface area contributed by atoms with Gasteiger partial charge in [0, 0.05) is 43.2 Å². The molecule has 0 bridgehead atoms. The lowest BCUT2D eigenvalue weighted by Crippen LogP contribution is -2.44. The molecular formula is C26H27N5O4. The van der Waals surface area contributed by atoms with Crippen molar-refractivity contribution < 1.29 is 19.4 Å². The van der Waals surface area contributed by atoms with E-state index in [9.17, 15) is 9.59 Å². The normalized spacial score (nSPS) is 19.1. The molecule has 2 aliphatic rings. The number of ether oxygens (including phenoxy) is 1. The quantitative estimate of drug-likeness (QED) is 0.570. The summed E-state index contributed by atoms with van der Waals surface area (Å²) in [5.41, 5.74) is 3.16. The second kappa shape index (κ2) is 9.61. The number of para-hydroxylation sites is 1. The van der Waals surface area contributed by atoms with Crippen LogP contribution in [-0.4, -0.2) is 52.8 Å². The van der Waals surface area contributed by atoms with Crippen LogP contribution in [0.5, 0.6) is 5.75 Å². The molecule has 2 atom stereocenters. The smallest absolute Gasteiger partial charge is 0.326 e. The second-order valence-corrected chi connectivity index (χ2v) is 8.99. The van der Waals surface area contributed by atoms with E-state index in [1.807, 2.05) is 60.4 Å². The van der Waals surface area contributed by atoms with Gasteiger partial charge in [0.1, 0.15) is 11.9 Å². The molecule has 2 aromatic carbocycles. The van der Waals surface area contributed by atoms with Gasteiger partial charge in [-0.25, -0.2) is 14.8 Å². The SMILES string of the molecule is CC1CN(C(=O)Nc2ccccc2)c2ccc(-c3cnc(N4CCC(CC(=O)O)C4)nc3)cc2O1. The lowest BCUT2D eigenvalue weighted by atomic mass is 10.1. The van der Waals surface area contributed by atoms with Gasteiger partial charge in [0.2, 0.25) is 5.95 Å². The largest absolute Gasteiger partial charge is 0.487 e. The van der Waals surface area contributed by atoms with Crippen LogP contribution in [0.3, 0.4) is 0 Å². The van der Waals surface area contributed by atoms with Crippen LogP contribution in [-0.2, 0) is 4.79 Å². The number of carbonyl (C=O) groups is 2. The summed E-state index contributed by atoms with van der Waals surface area (Å²) in [5.74, 6) is 0.587. The molecule has 3 aromatic rings. The van der Waals surface area contributed by atoms with Crippen molar-refractivity contribution in [2.75, 3.05) is 34.8 Å². The Bertz CT molecular complexity index is 1220. The van der Waals surface area contributed by atoms with Crippen molar-refractivity contribution in [1.82, 2.24) is 9.97 Å². The number of urea groups is 1. The fourth-order valence-electron chi connectivity index (χ4n) is 4.59. The van der Waals surface area contributed by atoms with Gasteiger partial charge in [0.05, 0.1) is 12.2 Å². The number of benzene rings is 2. The van der Waals surface area contributed by atoms with E-state index in [4.69, 9.17) is 9.84 Å². The summed E-state index contributed by atoms with van der Waals surface area (Å²) in [4.78, 5) is 36.7. The van der Waals surface area contributed by atoms with Crippen LogP contribution < -0.4 is 19.9 Å². The Balaban J connectivity index is 1.32. The van der Waals surface area contributed by atoms with Crippen molar-refractivity contribution in [3.63, 3.8) is 0 Å². The van der Waals surface area contributed by atoms with Crippen LogP contribution in [0.4, 0.5) is 22.1 Å². The first kappa shape index (κ1) is 22.6. The fraction of sp³-hybridized carbons (Fsp3) is 0.308. The third-order valence-corrected chi connectivity index (χ3v) is 6.29. The number of fused-ring (bicyclic) bond motifs is 1. The molecular weight excluding hydrogens is 446 g/mol. The minimum absolute atomic E-state index is 0.123. The number of carboxylic acid groups (broad SMARTS) is 1. The molecule has 1 saturated heterocycles. The minimum atomic E-state index is -0.770. The summed E-state index contributed by atoms with van der Waals surface area (Å²) in [7, 11) is 0. The molecule has 9 heteroatoms. The Labute approximate surface area is 203 Å². The van der Waals surface area contributed by atoms with Crippen molar-refractivity contribution in [3.05, 3.63) is 60.9 Å². The third-order valence-electron chi connectivity index (χ3n) is 6.29. The summed E-state index contributed by atoms with van der Waals surface area (Å²) >= 11 is 0. The number of aromatic nitrogens is 2. The van der Waals surface area contributed by atoms with E-state index in [-0.39, 0.29) is 24.5 Å². The summed E-state index contributed by atoms with van der Waals surface area (Å²) in [6, 6.07) is 14.9. The fourth-order valence-corrected chi connectivity index (χ4v) is 4.59. The summed E-state index contributed by atoms with van der Waals surface area (Å²) in [6.07, 6.45) is 4.36. The van der Waals surface area contributed by atoms with Crippen LogP contribution in [0.25, 0.3) is 11.1 Å². The molecule has 0 aliphatic carbocycles. The zero-order chi connectivity index (χ0) is 24.4. The highest BCUT2D eigenvalue weighted by Gasteiger charge is 2.29. The maximum absolute atomic E-state index is 13.0. The molecule has 3 heterocycles. The Kier molecular flexibility index (Phi) is 6.22. The van der Waals surface area contributed by atoms with Crippen molar-refractivity contribution in [3.8, 4) is 16.9 Å². The zero-order valence-corrected chi connectivity index (χ0v) is 19.4. The highest BCUT2D eigenvalue weighted by Crippen LogP contribution is 2.37. The molecule has 9 nitrogen and oxygen atoms in total. The predicted octanol–water partition coefficient (Wildman–Crippen LogP) is 4.26. The molecule has 180 valence electrons. The van der Waals surface area contributed by atoms with Gasteiger partial charge in [-0.1, -0.05) is 24.3 Å². The van der Waals surface area contributed by atoms with Gasteiger partial charge in [-0.05, 0) is 49.1 Å². The van der Waals surface area contributed by atoms with E-state index in [0.717, 1.165) is 29.8 Å². The monoisotopic (exact) mass is 473 g/mol. The van der Waals surface area contributed by atoms with Crippen molar-refractivity contribution in [1.29, 1.82) is 0 Å². The predicted molar refractivity (Wildman–Crippen MR) is 133 cm³/mol. The number of nitrogens with one attached hydrogen (secondary N) is 1. The summed E-state index contributed by atoms with van der Waals surface area (Å²) in [5, 5.41) is 12.0. The first-order valence-electron chi connectivity index (χ1n) is 11.7. The first-order chi connectivity index (χ1) is 17.0. The first-order valence-corrected chi connectivity index (χ1v) is 11.7. The number of nitrogens with zero attached hydrogens (tertiary/aromatic N) is 4. The Morgan fingerprint density at radius 2 is 1.86 bits per heavy atom. The van der Waals surface area contributed by atoms with E-state index < -0.39 is 5.97 Å². The van der Waals surface area contributed by atoms with Crippen LogP contribution in [0, 0.1) is 5.92 Å². The van der Waals surface area contributed by atoms with Crippen LogP contribution >= 0.6 is 0 Å². The molecule has 35 heavy (non-hydrogen) atoms. The van der Waals surface area contributed by atoms with E-state index >= 15 is 0 Å². The molecule has 2 aliphatic heterocycles. The Morgan fingerprint density at radius 3 is 2.60 bits per heavy atom. The van der Waals surface area contributed by atoms with Gasteiger partial charge in [-0.15, -0.1) is 0 Å². The van der Waals surface area contributed by atoms with Gasteiger partial charge in [0.25, 0.3) is 0 Å². The summed E-state index contributed by atoms with van der Waals surface area (Å²) < 4.78 is 6.05. The highest BCUT2D eigenvalue weighted by atomic mass is 16.5. The van der Waals surface area contributed by atoms with Crippen LogP contribution in [0.15, 0.2) is 60.9 Å². The number of amides is 2.